The van der Waals surface area contributed by atoms with E-state index in [0.29, 0.717) is 11.4 Å². The van der Waals surface area contributed by atoms with Crippen molar-refractivity contribution in [1.82, 2.24) is 0 Å². The molecule has 0 fully saturated rings. The number of carbonyl (C=O) groups excluding carboxylic acids is 2. The van der Waals surface area contributed by atoms with Crippen molar-refractivity contribution >= 4 is 28.9 Å². The highest BCUT2D eigenvalue weighted by Crippen LogP contribution is 2.22. The normalized spacial score (nSPS) is 11.8. The molecule has 0 aliphatic carbocycles. The Kier molecular flexibility index (Phi) is 6.38. The molecule has 2 aromatic carbocycles. The Morgan fingerprint density at radius 1 is 1.00 bits per heavy atom. The third-order valence-electron chi connectivity index (χ3n) is 3.58. The average molecular weight is 351 g/mol. The fraction of sp³-hybridized carbons (Fsp3) is 0.200. The third-order valence-corrected chi connectivity index (χ3v) is 3.58. The van der Waals surface area contributed by atoms with E-state index < -0.39 is 12.1 Å². The van der Waals surface area contributed by atoms with Gasteiger partial charge in [-0.2, -0.15) is 10.2 Å². The Hall–Kier alpha value is -3.28. The van der Waals surface area contributed by atoms with Gasteiger partial charge in [-0.25, -0.2) is 4.79 Å². The van der Waals surface area contributed by atoms with Crippen LogP contribution in [-0.2, 0) is 14.3 Å². The molecule has 0 heterocycles. The maximum Gasteiger partial charge on any atom is 0.333 e. The summed E-state index contributed by atoms with van der Waals surface area (Å²) in [5, 5.41) is 8.30. The number of hydrogen-bond acceptors (Lipinski definition) is 5. The van der Waals surface area contributed by atoms with Crippen LogP contribution in [0.1, 0.15) is 13.8 Å². The lowest BCUT2D eigenvalue weighted by Crippen LogP contribution is -2.37. The van der Waals surface area contributed by atoms with Crippen molar-refractivity contribution in [2.75, 3.05) is 11.9 Å². The van der Waals surface area contributed by atoms with Gasteiger partial charge in [-0.15, -0.1) is 0 Å². The van der Waals surface area contributed by atoms with Gasteiger partial charge in [-0.3, -0.25) is 4.79 Å². The first-order chi connectivity index (χ1) is 12.4. The highest BCUT2D eigenvalue weighted by Gasteiger charge is 2.22. The van der Waals surface area contributed by atoms with Crippen LogP contribution in [0.25, 0.3) is 0 Å². The molecule has 0 saturated carbocycles. The fourth-order valence-electron chi connectivity index (χ4n) is 2.06. The number of esters is 1. The molecule has 6 heteroatoms. The van der Waals surface area contributed by atoms with Crippen molar-refractivity contribution in [2.45, 2.75) is 20.0 Å². The van der Waals surface area contributed by atoms with Gasteiger partial charge in [0.2, 0.25) is 0 Å². The van der Waals surface area contributed by atoms with Crippen molar-refractivity contribution in [3.05, 3.63) is 66.7 Å². The van der Waals surface area contributed by atoms with Crippen LogP contribution in [0.3, 0.4) is 0 Å². The zero-order chi connectivity index (χ0) is 19.1. The molecular weight excluding hydrogens is 330 g/mol. The predicted molar refractivity (Wildman–Crippen MR) is 101 cm³/mol. The lowest BCUT2D eigenvalue weighted by atomic mass is 10.2. The number of amides is 1. The SMILES string of the molecule is C=C(C)C(=O)O[C@@H](C)C(=O)N(C)c1ccc(N=Nc2ccccc2)cc1. The number of anilines is 1. The van der Waals surface area contributed by atoms with E-state index in [9.17, 15) is 9.59 Å². The predicted octanol–water partition coefficient (Wildman–Crippen LogP) is 4.57. The van der Waals surface area contributed by atoms with Crippen molar-refractivity contribution in [3.8, 4) is 0 Å². The summed E-state index contributed by atoms with van der Waals surface area (Å²) in [6.45, 7) is 6.56. The summed E-state index contributed by atoms with van der Waals surface area (Å²) in [7, 11) is 1.62. The second-order valence-electron chi connectivity index (χ2n) is 5.78. The zero-order valence-electron chi connectivity index (χ0n) is 15.0. The molecule has 26 heavy (non-hydrogen) atoms. The Balaban J connectivity index is 2.02. The number of rotatable bonds is 6. The van der Waals surface area contributed by atoms with E-state index >= 15 is 0 Å². The van der Waals surface area contributed by atoms with Crippen molar-refractivity contribution in [2.24, 2.45) is 10.2 Å². The highest BCUT2D eigenvalue weighted by atomic mass is 16.5. The van der Waals surface area contributed by atoms with Crippen LogP contribution in [0.5, 0.6) is 0 Å². The first kappa shape index (κ1) is 19.1. The summed E-state index contributed by atoms with van der Waals surface area (Å²) in [6.07, 6.45) is -0.901. The molecule has 2 aromatic rings. The van der Waals surface area contributed by atoms with E-state index in [1.165, 1.54) is 18.7 Å². The van der Waals surface area contributed by atoms with Crippen LogP contribution in [-0.4, -0.2) is 25.0 Å². The Morgan fingerprint density at radius 2 is 1.54 bits per heavy atom. The number of hydrogen-bond donors (Lipinski definition) is 0. The second kappa shape index (κ2) is 8.71. The largest absolute Gasteiger partial charge is 0.449 e. The monoisotopic (exact) mass is 351 g/mol. The molecule has 1 atom stereocenters. The van der Waals surface area contributed by atoms with Gasteiger partial charge in [0.1, 0.15) is 0 Å². The Morgan fingerprint density at radius 3 is 2.08 bits per heavy atom. The molecule has 0 spiro atoms. The van der Waals surface area contributed by atoms with Crippen LogP contribution in [0, 0.1) is 0 Å². The van der Waals surface area contributed by atoms with E-state index in [4.69, 9.17) is 4.74 Å². The Bertz CT molecular complexity index is 814. The Labute approximate surface area is 152 Å². The minimum atomic E-state index is -0.901. The van der Waals surface area contributed by atoms with Crippen LogP contribution in [0.15, 0.2) is 77.0 Å². The van der Waals surface area contributed by atoms with E-state index in [-0.39, 0.29) is 11.5 Å². The molecule has 6 nitrogen and oxygen atoms in total. The minimum absolute atomic E-state index is 0.250. The molecule has 0 bridgehead atoms. The lowest BCUT2D eigenvalue weighted by Gasteiger charge is -2.21. The number of nitrogens with zero attached hydrogens (tertiary/aromatic N) is 3. The summed E-state index contributed by atoms with van der Waals surface area (Å²) in [5.41, 5.74) is 2.34. The van der Waals surface area contributed by atoms with E-state index in [1.54, 1.807) is 31.3 Å². The molecule has 0 radical (unpaired) electrons. The van der Waals surface area contributed by atoms with Crippen LogP contribution in [0.4, 0.5) is 17.1 Å². The molecule has 1 amide bonds. The minimum Gasteiger partial charge on any atom is -0.449 e. The number of azo groups is 1. The van der Waals surface area contributed by atoms with Crippen molar-refractivity contribution < 1.29 is 14.3 Å². The van der Waals surface area contributed by atoms with Crippen molar-refractivity contribution in [1.29, 1.82) is 0 Å². The summed E-state index contributed by atoms with van der Waals surface area (Å²) in [4.78, 5) is 25.3. The lowest BCUT2D eigenvalue weighted by molar-refractivity contribution is -0.149. The summed E-state index contributed by atoms with van der Waals surface area (Å²) < 4.78 is 5.06. The van der Waals surface area contributed by atoms with Gasteiger partial charge < -0.3 is 9.64 Å². The van der Waals surface area contributed by atoms with E-state index in [2.05, 4.69) is 16.8 Å². The quantitative estimate of drug-likeness (QED) is 0.435. The molecular formula is C20H21N3O3. The second-order valence-corrected chi connectivity index (χ2v) is 5.78. The molecule has 0 aromatic heterocycles. The van der Waals surface area contributed by atoms with Gasteiger partial charge in [-0.05, 0) is 50.2 Å². The van der Waals surface area contributed by atoms with Gasteiger partial charge in [0, 0.05) is 18.3 Å². The summed E-state index contributed by atoms with van der Waals surface area (Å²) in [6, 6.07) is 16.4. The van der Waals surface area contributed by atoms with E-state index in [1.807, 2.05) is 30.3 Å². The average Bonchev–Trinajstić information content (AvgIpc) is 2.66. The maximum atomic E-state index is 12.4. The number of carbonyl (C=O) groups is 2. The van der Waals surface area contributed by atoms with Gasteiger partial charge in [0.15, 0.2) is 6.10 Å². The molecule has 0 aliphatic heterocycles. The number of benzene rings is 2. The molecule has 0 aliphatic rings. The molecule has 0 unspecified atom stereocenters. The molecule has 0 saturated heterocycles. The van der Waals surface area contributed by atoms with Crippen LogP contribution in [0.2, 0.25) is 0 Å². The number of likely N-dealkylation sites (N-methyl/N-ethyl adjacent to an activating group) is 1. The van der Waals surface area contributed by atoms with E-state index in [0.717, 1.165) is 5.69 Å². The zero-order valence-corrected chi connectivity index (χ0v) is 15.0. The fourth-order valence-corrected chi connectivity index (χ4v) is 2.06. The number of ether oxygens (including phenoxy) is 1. The molecule has 2 rings (SSSR count). The van der Waals surface area contributed by atoms with Crippen LogP contribution >= 0.6 is 0 Å². The first-order valence-corrected chi connectivity index (χ1v) is 8.09. The van der Waals surface area contributed by atoms with Crippen LogP contribution < -0.4 is 4.90 Å². The molecule has 134 valence electrons. The third kappa shape index (κ3) is 5.11. The summed E-state index contributed by atoms with van der Waals surface area (Å²) in [5.74, 6) is -0.922. The maximum absolute atomic E-state index is 12.4. The first-order valence-electron chi connectivity index (χ1n) is 8.09. The standard InChI is InChI=1S/C20H21N3O3/c1-14(2)20(25)26-15(3)19(24)23(4)18-12-10-17(11-13-18)22-21-16-8-6-5-7-9-16/h5-13,15H,1H2,2-4H3/t15-/m0/s1. The highest BCUT2D eigenvalue weighted by molar-refractivity contribution is 5.98. The van der Waals surface area contributed by atoms with Gasteiger partial charge in [0.05, 0.1) is 11.4 Å². The van der Waals surface area contributed by atoms with Crippen molar-refractivity contribution in [3.63, 3.8) is 0 Å². The molecule has 0 N–H and O–H groups in total. The van der Waals surface area contributed by atoms with Gasteiger partial charge in [-0.1, -0.05) is 24.8 Å². The topological polar surface area (TPSA) is 71.3 Å². The van der Waals surface area contributed by atoms with Gasteiger partial charge in [0.25, 0.3) is 5.91 Å². The summed E-state index contributed by atoms with van der Waals surface area (Å²) >= 11 is 0. The van der Waals surface area contributed by atoms with Gasteiger partial charge >= 0.3 is 5.97 Å². The smallest absolute Gasteiger partial charge is 0.333 e.